The molecule has 4 heteroatoms. The molecule has 1 aromatic heterocycles. The lowest BCUT2D eigenvalue weighted by Gasteiger charge is -2.13. The van der Waals surface area contributed by atoms with Gasteiger partial charge >= 0.3 is 0 Å². The lowest BCUT2D eigenvalue weighted by Crippen LogP contribution is -2.03. The summed E-state index contributed by atoms with van der Waals surface area (Å²) in [5.41, 5.74) is 1.17. The molecule has 0 spiro atoms. The minimum atomic E-state index is 0.405. The Morgan fingerprint density at radius 2 is 1.95 bits per heavy atom. The fraction of sp³-hybridized carbons (Fsp3) is 0.375. The molecule has 106 valence electrons. The van der Waals surface area contributed by atoms with E-state index in [-0.39, 0.29) is 0 Å². The first kappa shape index (κ1) is 14.3. The third-order valence-corrected chi connectivity index (χ3v) is 2.93. The highest BCUT2D eigenvalue weighted by Gasteiger charge is 2.09. The molecular weight excluding hydrogens is 250 g/mol. The zero-order valence-electron chi connectivity index (χ0n) is 12.5. The summed E-state index contributed by atoms with van der Waals surface area (Å²) in [6.45, 7) is 9.02. The Morgan fingerprint density at radius 3 is 2.65 bits per heavy atom. The van der Waals surface area contributed by atoms with E-state index in [1.807, 2.05) is 38.1 Å². The van der Waals surface area contributed by atoms with E-state index in [2.05, 4.69) is 35.2 Å². The lowest BCUT2D eigenvalue weighted by molar-refractivity contribution is 0.452. The van der Waals surface area contributed by atoms with E-state index in [1.165, 1.54) is 5.56 Å². The van der Waals surface area contributed by atoms with Gasteiger partial charge in [-0.25, -0.2) is 4.98 Å². The highest BCUT2D eigenvalue weighted by Crippen LogP contribution is 2.30. The van der Waals surface area contributed by atoms with Gasteiger partial charge in [0.15, 0.2) is 0 Å². The summed E-state index contributed by atoms with van der Waals surface area (Å²) in [6, 6.07) is 9.88. The summed E-state index contributed by atoms with van der Waals surface area (Å²) in [6.07, 6.45) is 0. The molecule has 1 N–H and O–H groups in total. The number of aromatic nitrogens is 2. The van der Waals surface area contributed by atoms with Crippen molar-refractivity contribution in [3.63, 3.8) is 0 Å². The van der Waals surface area contributed by atoms with Crippen LogP contribution in [0.25, 0.3) is 0 Å². The number of nitrogens with zero attached hydrogens (tertiary/aromatic N) is 2. The van der Waals surface area contributed by atoms with Crippen molar-refractivity contribution in [2.45, 2.75) is 33.6 Å². The second-order valence-electron chi connectivity index (χ2n) is 4.96. The predicted molar refractivity (Wildman–Crippen MR) is 81.5 cm³/mol. The van der Waals surface area contributed by atoms with E-state index in [9.17, 15) is 0 Å². The van der Waals surface area contributed by atoms with Gasteiger partial charge in [0.2, 0.25) is 5.88 Å². The Hall–Kier alpha value is -2.10. The van der Waals surface area contributed by atoms with E-state index in [0.717, 1.165) is 18.1 Å². The van der Waals surface area contributed by atoms with Gasteiger partial charge in [-0.15, -0.1) is 0 Å². The van der Waals surface area contributed by atoms with Gasteiger partial charge in [0, 0.05) is 12.6 Å². The minimum absolute atomic E-state index is 0.405. The molecule has 4 nitrogen and oxygen atoms in total. The quantitative estimate of drug-likeness (QED) is 0.888. The fourth-order valence-electron chi connectivity index (χ4n) is 2.03. The maximum Gasteiger partial charge on any atom is 0.224 e. The number of ether oxygens (including phenoxy) is 1. The van der Waals surface area contributed by atoms with Gasteiger partial charge in [-0.3, -0.25) is 0 Å². The molecule has 2 aromatic rings. The molecule has 0 unspecified atom stereocenters. The zero-order chi connectivity index (χ0) is 14.5. The Kier molecular flexibility index (Phi) is 4.56. The van der Waals surface area contributed by atoms with Gasteiger partial charge in [0.1, 0.15) is 17.4 Å². The number of anilines is 1. The van der Waals surface area contributed by atoms with Crippen LogP contribution in [0.1, 0.15) is 38.1 Å². The van der Waals surface area contributed by atoms with Gasteiger partial charge in [0.25, 0.3) is 0 Å². The number of benzene rings is 1. The molecule has 20 heavy (non-hydrogen) atoms. The SMILES string of the molecule is CCNc1cc(Oc2ccccc2C(C)C)nc(C)n1. The number of para-hydroxylation sites is 1. The molecule has 0 atom stereocenters. The van der Waals surface area contributed by atoms with Crippen molar-refractivity contribution in [3.8, 4) is 11.6 Å². The summed E-state index contributed by atoms with van der Waals surface area (Å²) in [5, 5.41) is 3.18. The Balaban J connectivity index is 2.30. The number of aryl methyl sites for hydroxylation is 1. The first-order valence-corrected chi connectivity index (χ1v) is 6.96. The highest BCUT2D eigenvalue weighted by molar-refractivity contribution is 5.42. The van der Waals surface area contributed by atoms with E-state index in [0.29, 0.717) is 17.6 Å². The van der Waals surface area contributed by atoms with Crippen molar-refractivity contribution in [2.24, 2.45) is 0 Å². The topological polar surface area (TPSA) is 47.0 Å². The second kappa shape index (κ2) is 6.37. The summed E-state index contributed by atoms with van der Waals surface area (Å²) in [4.78, 5) is 8.66. The van der Waals surface area contributed by atoms with Crippen LogP contribution in [0, 0.1) is 6.92 Å². The maximum absolute atomic E-state index is 5.95. The molecule has 0 aliphatic heterocycles. The summed E-state index contributed by atoms with van der Waals surface area (Å²) < 4.78 is 5.95. The second-order valence-corrected chi connectivity index (χ2v) is 4.96. The van der Waals surface area contributed by atoms with Crippen LogP contribution in [0.4, 0.5) is 5.82 Å². The highest BCUT2D eigenvalue weighted by atomic mass is 16.5. The number of hydrogen-bond acceptors (Lipinski definition) is 4. The van der Waals surface area contributed by atoms with Crippen LogP contribution in [-0.2, 0) is 0 Å². The third kappa shape index (κ3) is 3.47. The molecule has 0 aliphatic rings. The summed E-state index contributed by atoms with van der Waals surface area (Å²) in [5.74, 6) is 3.31. The van der Waals surface area contributed by atoms with Crippen LogP contribution in [0.5, 0.6) is 11.6 Å². The Bertz CT molecular complexity index is 582. The zero-order valence-corrected chi connectivity index (χ0v) is 12.5. The van der Waals surface area contributed by atoms with Crippen molar-refractivity contribution in [1.29, 1.82) is 0 Å². The van der Waals surface area contributed by atoms with Crippen LogP contribution in [0.3, 0.4) is 0 Å². The van der Waals surface area contributed by atoms with Crippen LogP contribution in [-0.4, -0.2) is 16.5 Å². The van der Waals surface area contributed by atoms with Crippen molar-refractivity contribution in [1.82, 2.24) is 9.97 Å². The van der Waals surface area contributed by atoms with E-state index in [4.69, 9.17) is 4.74 Å². The molecule has 0 aliphatic carbocycles. The average molecular weight is 271 g/mol. The molecule has 1 heterocycles. The van der Waals surface area contributed by atoms with Gasteiger partial charge < -0.3 is 10.1 Å². The number of nitrogens with one attached hydrogen (secondary N) is 1. The molecule has 0 fully saturated rings. The van der Waals surface area contributed by atoms with Gasteiger partial charge in [0.05, 0.1) is 0 Å². The maximum atomic E-state index is 5.95. The lowest BCUT2D eigenvalue weighted by atomic mass is 10.0. The Morgan fingerprint density at radius 1 is 1.20 bits per heavy atom. The predicted octanol–water partition coefficient (Wildman–Crippen LogP) is 4.13. The van der Waals surface area contributed by atoms with Gasteiger partial charge in [-0.2, -0.15) is 4.98 Å². The molecular formula is C16H21N3O. The van der Waals surface area contributed by atoms with Crippen molar-refractivity contribution >= 4 is 5.82 Å². The molecule has 0 saturated carbocycles. The molecule has 0 saturated heterocycles. The normalized spacial score (nSPS) is 10.7. The summed E-state index contributed by atoms with van der Waals surface area (Å²) in [7, 11) is 0. The van der Waals surface area contributed by atoms with E-state index < -0.39 is 0 Å². The van der Waals surface area contributed by atoms with Crippen molar-refractivity contribution in [2.75, 3.05) is 11.9 Å². The number of rotatable bonds is 5. The molecule has 1 aromatic carbocycles. The van der Waals surface area contributed by atoms with Crippen molar-refractivity contribution in [3.05, 3.63) is 41.7 Å². The van der Waals surface area contributed by atoms with Gasteiger partial charge in [-0.1, -0.05) is 32.0 Å². The molecule has 0 bridgehead atoms. The largest absolute Gasteiger partial charge is 0.439 e. The first-order chi connectivity index (χ1) is 9.60. The smallest absolute Gasteiger partial charge is 0.224 e. The van der Waals surface area contributed by atoms with Gasteiger partial charge in [-0.05, 0) is 31.4 Å². The number of hydrogen-bond donors (Lipinski definition) is 1. The fourth-order valence-corrected chi connectivity index (χ4v) is 2.03. The van der Waals surface area contributed by atoms with Crippen molar-refractivity contribution < 1.29 is 4.74 Å². The molecule has 0 amide bonds. The molecule has 2 rings (SSSR count). The standard InChI is InChI=1S/C16H21N3O/c1-5-17-15-10-16(19-12(4)18-15)20-14-9-7-6-8-13(14)11(2)3/h6-11H,5H2,1-4H3,(H,17,18,19). The summed E-state index contributed by atoms with van der Waals surface area (Å²) >= 11 is 0. The minimum Gasteiger partial charge on any atom is -0.439 e. The third-order valence-electron chi connectivity index (χ3n) is 2.93. The van der Waals surface area contributed by atoms with Crippen LogP contribution < -0.4 is 10.1 Å². The van der Waals surface area contributed by atoms with Crippen LogP contribution in [0.15, 0.2) is 30.3 Å². The van der Waals surface area contributed by atoms with Crippen LogP contribution in [0.2, 0.25) is 0 Å². The first-order valence-electron chi connectivity index (χ1n) is 6.96. The Labute approximate surface area is 120 Å². The monoisotopic (exact) mass is 271 g/mol. The average Bonchev–Trinajstić information content (AvgIpc) is 2.38. The molecule has 0 radical (unpaired) electrons. The van der Waals surface area contributed by atoms with E-state index in [1.54, 1.807) is 0 Å². The van der Waals surface area contributed by atoms with Crippen LogP contribution >= 0.6 is 0 Å². The van der Waals surface area contributed by atoms with E-state index >= 15 is 0 Å².